The number of nitrogens with zero attached hydrogens (tertiary/aromatic N) is 4. The summed E-state index contributed by atoms with van der Waals surface area (Å²) < 4.78 is 6.07. The maximum absolute atomic E-state index is 12.8. The van der Waals surface area contributed by atoms with E-state index in [1.165, 1.54) is 5.69 Å². The van der Waals surface area contributed by atoms with Gasteiger partial charge in [-0.2, -0.15) is 0 Å². The summed E-state index contributed by atoms with van der Waals surface area (Å²) >= 11 is 0. The Labute approximate surface area is 218 Å². The first-order valence-corrected chi connectivity index (χ1v) is 13.1. The lowest BCUT2D eigenvalue weighted by Crippen LogP contribution is -2.47. The van der Waals surface area contributed by atoms with Crippen LogP contribution in [0.5, 0.6) is 5.75 Å². The molecule has 9 heteroatoms. The molecule has 0 bridgehead atoms. The number of aromatic nitrogens is 2. The summed E-state index contributed by atoms with van der Waals surface area (Å²) in [5, 5.41) is 6.32. The van der Waals surface area contributed by atoms with E-state index in [1.54, 1.807) is 6.20 Å². The standard InChI is InChI=1S/C28H35N7O2/c29-27-26(28(36)32-22-7-5-11-30-19-22)33-25(20-31-27)21-6-4-10-24(18-21)37-17-16-34-12-14-35(15-13-34)23-8-2-1-3-9-23/h1-4,6,8-10,18,20,22,30H,5,7,11-17,19H2,(H2,29,31)(H,32,36)/t22-/m0/s1. The third-order valence-electron chi connectivity index (χ3n) is 6.95. The van der Waals surface area contributed by atoms with Crippen LogP contribution in [0.1, 0.15) is 23.3 Å². The van der Waals surface area contributed by atoms with Gasteiger partial charge in [-0.05, 0) is 43.7 Å². The van der Waals surface area contributed by atoms with Crippen LogP contribution in [0.25, 0.3) is 11.3 Å². The lowest BCUT2D eigenvalue weighted by atomic mass is 10.1. The molecular formula is C28H35N7O2. The Morgan fingerprint density at radius 1 is 1.11 bits per heavy atom. The van der Waals surface area contributed by atoms with Crippen molar-refractivity contribution in [2.24, 2.45) is 0 Å². The zero-order chi connectivity index (χ0) is 25.5. The van der Waals surface area contributed by atoms with Crippen molar-refractivity contribution in [3.63, 3.8) is 0 Å². The molecule has 2 saturated heterocycles. The molecule has 3 heterocycles. The Kier molecular flexibility index (Phi) is 8.12. The van der Waals surface area contributed by atoms with Crippen LogP contribution in [0.2, 0.25) is 0 Å². The van der Waals surface area contributed by atoms with Crippen LogP contribution < -0.4 is 26.0 Å². The number of anilines is 2. The SMILES string of the molecule is Nc1ncc(-c2cccc(OCCN3CCN(c4ccccc4)CC3)c2)nc1C(=O)N[C@H]1CCCNC1. The number of benzene rings is 2. The van der Waals surface area contributed by atoms with Crippen LogP contribution in [0.4, 0.5) is 11.5 Å². The average molecular weight is 502 g/mol. The van der Waals surface area contributed by atoms with Gasteiger partial charge in [0.2, 0.25) is 0 Å². The van der Waals surface area contributed by atoms with E-state index < -0.39 is 0 Å². The fourth-order valence-electron chi connectivity index (χ4n) is 4.84. The van der Waals surface area contributed by atoms with Crippen LogP contribution >= 0.6 is 0 Å². The number of ether oxygens (including phenoxy) is 1. The summed E-state index contributed by atoms with van der Waals surface area (Å²) in [6.07, 6.45) is 3.57. The van der Waals surface area contributed by atoms with Gasteiger partial charge in [-0.3, -0.25) is 9.69 Å². The highest BCUT2D eigenvalue weighted by Crippen LogP contribution is 2.23. The second-order valence-electron chi connectivity index (χ2n) is 9.55. The zero-order valence-electron chi connectivity index (χ0n) is 21.1. The Bertz CT molecular complexity index is 1180. The number of hydrogen-bond donors (Lipinski definition) is 3. The van der Waals surface area contributed by atoms with Crippen LogP contribution in [-0.2, 0) is 0 Å². The molecule has 5 rings (SSSR count). The summed E-state index contributed by atoms with van der Waals surface area (Å²) in [5.74, 6) is 0.600. The average Bonchev–Trinajstić information content (AvgIpc) is 2.95. The summed E-state index contributed by atoms with van der Waals surface area (Å²) in [5.41, 5.74) is 8.86. The van der Waals surface area contributed by atoms with Crippen molar-refractivity contribution in [2.75, 3.05) is 63.1 Å². The highest BCUT2D eigenvalue weighted by Gasteiger charge is 2.21. The molecule has 0 radical (unpaired) electrons. The molecule has 0 unspecified atom stereocenters. The number of carbonyl (C=O) groups is 1. The Balaban J connectivity index is 1.15. The minimum atomic E-state index is -0.291. The lowest BCUT2D eigenvalue weighted by Gasteiger charge is -2.36. The molecule has 0 aliphatic carbocycles. The molecular weight excluding hydrogens is 466 g/mol. The molecule has 2 aromatic carbocycles. The van der Waals surface area contributed by atoms with Crippen molar-refractivity contribution < 1.29 is 9.53 Å². The number of amides is 1. The fourth-order valence-corrected chi connectivity index (χ4v) is 4.84. The summed E-state index contributed by atoms with van der Waals surface area (Å²) in [6, 6.07) is 18.4. The maximum Gasteiger partial charge on any atom is 0.274 e. The number of piperidine rings is 1. The normalized spacial score (nSPS) is 18.4. The first kappa shape index (κ1) is 25.0. The predicted octanol–water partition coefficient (Wildman–Crippen LogP) is 2.41. The van der Waals surface area contributed by atoms with E-state index in [0.717, 1.165) is 70.0 Å². The molecule has 1 aromatic heterocycles. The number of rotatable bonds is 8. The van der Waals surface area contributed by atoms with Gasteiger partial charge in [0.15, 0.2) is 11.5 Å². The van der Waals surface area contributed by atoms with Gasteiger partial charge in [-0.1, -0.05) is 30.3 Å². The topological polar surface area (TPSA) is 109 Å². The highest BCUT2D eigenvalue weighted by atomic mass is 16.5. The Morgan fingerprint density at radius 3 is 2.73 bits per heavy atom. The molecule has 1 atom stereocenters. The maximum atomic E-state index is 12.8. The van der Waals surface area contributed by atoms with Gasteiger partial charge in [0, 0.05) is 56.6 Å². The van der Waals surface area contributed by atoms with Gasteiger partial charge in [-0.15, -0.1) is 0 Å². The number of carbonyl (C=O) groups excluding carboxylic acids is 1. The van der Waals surface area contributed by atoms with Crippen LogP contribution in [0.15, 0.2) is 60.8 Å². The number of nitrogens with two attached hydrogens (primary N) is 1. The third-order valence-corrected chi connectivity index (χ3v) is 6.95. The smallest absolute Gasteiger partial charge is 0.274 e. The fraction of sp³-hybridized carbons (Fsp3) is 0.393. The number of hydrogen-bond acceptors (Lipinski definition) is 8. The quantitative estimate of drug-likeness (QED) is 0.432. The van der Waals surface area contributed by atoms with Crippen molar-refractivity contribution in [3.8, 4) is 17.0 Å². The third kappa shape index (κ3) is 6.55. The second kappa shape index (κ2) is 12.0. The van der Waals surface area contributed by atoms with Crippen LogP contribution in [0, 0.1) is 0 Å². The van der Waals surface area contributed by atoms with E-state index in [4.69, 9.17) is 10.5 Å². The van der Waals surface area contributed by atoms with E-state index in [0.29, 0.717) is 12.3 Å². The molecule has 194 valence electrons. The van der Waals surface area contributed by atoms with E-state index in [-0.39, 0.29) is 23.5 Å². The van der Waals surface area contributed by atoms with Crippen LogP contribution in [0.3, 0.4) is 0 Å². The monoisotopic (exact) mass is 501 g/mol. The van der Waals surface area contributed by atoms with Gasteiger partial charge in [0.1, 0.15) is 12.4 Å². The van der Waals surface area contributed by atoms with Crippen molar-refractivity contribution >= 4 is 17.4 Å². The molecule has 2 aliphatic rings. The van der Waals surface area contributed by atoms with Crippen molar-refractivity contribution in [2.45, 2.75) is 18.9 Å². The molecule has 2 fully saturated rings. The summed E-state index contributed by atoms with van der Waals surface area (Å²) in [6.45, 7) is 7.27. The summed E-state index contributed by atoms with van der Waals surface area (Å²) in [7, 11) is 0. The minimum absolute atomic E-state index is 0.0733. The largest absolute Gasteiger partial charge is 0.492 e. The van der Waals surface area contributed by atoms with Crippen molar-refractivity contribution in [1.82, 2.24) is 25.5 Å². The molecule has 37 heavy (non-hydrogen) atoms. The number of nitrogens with one attached hydrogen (secondary N) is 2. The number of piperazine rings is 1. The molecule has 3 aromatic rings. The Hall–Kier alpha value is -3.69. The van der Waals surface area contributed by atoms with E-state index >= 15 is 0 Å². The van der Waals surface area contributed by atoms with Gasteiger partial charge < -0.3 is 26.0 Å². The molecule has 1 amide bonds. The second-order valence-corrected chi connectivity index (χ2v) is 9.55. The number of para-hydroxylation sites is 1. The van der Waals surface area contributed by atoms with Gasteiger partial charge in [0.25, 0.3) is 5.91 Å². The molecule has 0 spiro atoms. The molecule has 2 aliphatic heterocycles. The van der Waals surface area contributed by atoms with E-state index in [2.05, 4.69) is 60.7 Å². The molecule has 4 N–H and O–H groups in total. The van der Waals surface area contributed by atoms with Gasteiger partial charge in [0.05, 0.1) is 11.9 Å². The highest BCUT2D eigenvalue weighted by molar-refractivity contribution is 5.97. The van der Waals surface area contributed by atoms with Gasteiger partial charge in [-0.25, -0.2) is 9.97 Å². The Morgan fingerprint density at radius 2 is 1.95 bits per heavy atom. The van der Waals surface area contributed by atoms with Crippen LogP contribution in [-0.4, -0.2) is 79.2 Å². The first-order valence-electron chi connectivity index (χ1n) is 13.1. The molecule has 9 nitrogen and oxygen atoms in total. The summed E-state index contributed by atoms with van der Waals surface area (Å²) in [4.78, 5) is 26.5. The van der Waals surface area contributed by atoms with Crippen molar-refractivity contribution in [1.29, 1.82) is 0 Å². The zero-order valence-corrected chi connectivity index (χ0v) is 21.1. The van der Waals surface area contributed by atoms with Crippen molar-refractivity contribution in [3.05, 3.63) is 66.5 Å². The molecule has 0 saturated carbocycles. The first-order chi connectivity index (χ1) is 18.2. The number of nitrogen functional groups attached to an aromatic ring is 1. The van der Waals surface area contributed by atoms with Gasteiger partial charge >= 0.3 is 0 Å². The van der Waals surface area contributed by atoms with E-state index in [1.807, 2.05) is 24.3 Å². The van der Waals surface area contributed by atoms with E-state index in [9.17, 15) is 4.79 Å². The predicted molar refractivity (Wildman–Crippen MR) is 146 cm³/mol. The lowest BCUT2D eigenvalue weighted by molar-refractivity contribution is 0.0926. The minimum Gasteiger partial charge on any atom is -0.492 e.